The number of para-hydroxylation sites is 1. The summed E-state index contributed by atoms with van der Waals surface area (Å²) >= 11 is 0. The highest BCUT2D eigenvalue weighted by molar-refractivity contribution is 14.0. The molecule has 0 spiro atoms. The van der Waals surface area contributed by atoms with Crippen molar-refractivity contribution in [3.63, 3.8) is 0 Å². The average Bonchev–Trinajstić information content (AvgIpc) is 2.85. The van der Waals surface area contributed by atoms with E-state index < -0.39 is 0 Å². The summed E-state index contributed by atoms with van der Waals surface area (Å²) in [7, 11) is 1.45. The third-order valence-electron chi connectivity index (χ3n) is 5.22. The Kier molecular flexibility index (Phi) is 11.8. The highest BCUT2D eigenvalue weighted by Crippen LogP contribution is 2.19. The van der Waals surface area contributed by atoms with E-state index in [4.69, 9.17) is 19.2 Å². The lowest BCUT2D eigenvalue weighted by Crippen LogP contribution is -2.46. The summed E-state index contributed by atoms with van der Waals surface area (Å²) in [5.74, 6) is 2.10. The van der Waals surface area contributed by atoms with E-state index >= 15 is 0 Å². The number of aliphatic imine (C=N–C) groups is 1. The molecule has 2 heterocycles. The van der Waals surface area contributed by atoms with E-state index in [9.17, 15) is 4.79 Å². The Morgan fingerprint density at radius 3 is 2.48 bits per heavy atom. The molecule has 0 amide bonds. The quantitative estimate of drug-likeness (QED) is 0.163. The van der Waals surface area contributed by atoms with Crippen LogP contribution in [0.1, 0.15) is 25.3 Å². The van der Waals surface area contributed by atoms with Crippen LogP contribution in [-0.2, 0) is 16.1 Å². The van der Waals surface area contributed by atoms with Gasteiger partial charge in [-0.15, -0.1) is 24.0 Å². The van der Waals surface area contributed by atoms with Crippen LogP contribution in [0.2, 0.25) is 0 Å². The first-order chi connectivity index (χ1) is 15.7. The lowest BCUT2D eigenvalue weighted by atomic mass is 9.97. The zero-order valence-corrected chi connectivity index (χ0v) is 21.6. The van der Waals surface area contributed by atoms with Crippen LogP contribution < -0.4 is 14.8 Å². The maximum Gasteiger partial charge on any atom is 0.308 e. The molecule has 0 saturated carbocycles. The third-order valence-corrected chi connectivity index (χ3v) is 5.22. The van der Waals surface area contributed by atoms with E-state index in [1.807, 2.05) is 49.4 Å². The monoisotopic (exact) mass is 568 g/mol. The summed E-state index contributed by atoms with van der Waals surface area (Å²) < 4.78 is 16.1. The van der Waals surface area contributed by atoms with E-state index in [1.54, 1.807) is 6.20 Å². The largest absolute Gasteiger partial charge is 0.490 e. The number of ether oxygens (including phenoxy) is 3. The highest BCUT2D eigenvalue weighted by Gasteiger charge is 2.26. The number of carbonyl (C=O) groups excluding carboxylic acids is 1. The van der Waals surface area contributed by atoms with Gasteiger partial charge in [-0.25, -0.2) is 9.98 Å². The number of piperidine rings is 1. The Hall–Kier alpha value is -2.56. The number of rotatable bonds is 9. The maximum atomic E-state index is 11.7. The van der Waals surface area contributed by atoms with Crippen LogP contribution in [0, 0.1) is 5.92 Å². The molecule has 8 nitrogen and oxygen atoms in total. The van der Waals surface area contributed by atoms with Crippen molar-refractivity contribution in [2.75, 3.05) is 40.0 Å². The third kappa shape index (κ3) is 8.71. The van der Waals surface area contributed by atoms with Crippen molar-refractivity contribution in [3.8, 4) is 11.6 Å². The van der Waals surface area contributed by atoms with Gasteiger partial charge in [0, 0.05) is 31.9 Å². The summed E-state index contributed by atoms with van der Waals surface area (Å²) in [6.45, 7) is 5.78. The van der Waals surface area contributed by atoms with Crippen LogP contribution in [0.25, 0.3) is 0 Å². The van der Waals surface area contributed by atoms with Crippen molar-refractivity contribution in [2.24, 2.45) is 10.9 Å². The van der Waals surface area contributed by atoms with E-state index in [-0.39, 0.29) is 35.9 Å². The number of benzene rings is 1. The Labute approximate surface area is 212 Å². The predicted octanol–water partition coefficient (Wildman–Crippen LogP) is 3.51. The molecule has 2 aromatic rings. The van der Waals surface area contributed by atoms with E-state index in [0.29, 0.717) is 25.6 Å². The van der Waals surface area contributed by atoms with Gasteiger partial charge in [-0.2, -0.15) is 0 Å². The van der Waals surface area contributed by atoms with Gasteiger partial charge in [0.2, 0.25) is 5.88 Å². The minimum Gasteiger partial charge on any atom is -0.490 e. The molecule has 9 heteroatoms. The van der Waals surface area contributed by atoms with E-state index in [2.05, 4.69) is 15.2 Å². The topological polar surface area (TPSA) is 85.3 Å². The number of pyridine rings is 1. The molecule has 1 aromatic heterocycles. The normalized spacial score (nSPS) is 14.2. The average molecular weight is 568 g/mol. The van der Waals surface area contributed by atoms with Crippen molar-refractivity contribution in [1.82, 2.24) is 15.2 Å². The Morgan fingerprint density at radius 1 is 1.12 bits per heavy atom. The lowest BCUT2D eigenvalue weighted by Gasteiger charge is -2.33. The molecule has 33 heavy (non-hydrogen) atoms. The van der Waals surface area contributed by atoms with Crippen molar-refractivity contribution < 1.29 is 19.0 Å². The van der Waals surface area contributed by atoms with Crippen molar-refractivity contribution in [1.29, 1.82) is 0 Å². The fourth-order valence-corrected chi connectivity index (χ4v) is 3.50. The smallest absolute Gasteiger partial charge is 0.308 e. The molecule has 180 valence electrons. The van der Waals surface area contributed by atoms with Crippen LogP contribution in [0.3, 0.4) is 0 Å². The summed E-state index contributed by atoms with van der Waals surface area (Å²) in [6, 6.07) is 13.5. The van der Waals surface area contributed by atoms with Crippen molar-refractivity contribution >= 4 is 35.9 Å². The number of carbonyl (C=O) groups is 1. The zero-order chi connectivity index (χ0) is 22.6. The number of esters is 1. The van der Waals surface area contributed by atoms with Gasteiger partial charge < -0.3 is 24.4 Å². The number of likely N-dealkylation sites (tertiary alicyclic amines) is 1. The molecule has 1 aromatic carbocycles. The van der Waals surface area contributed by atoms with E-state index in [0.717, 1.165) is 49.7 Å². The van der Waals surface area contributed by atoms with Crippen LogP contribution in [-0.4, -0.2) is 61.8 Å². The molecule has 3 rings (SSSR count). The minimum atomic E-state index is -0.119. The standard InChI is InChI=1S/C24H32N4O4.HI/c1-3-25-24(28-13-11-20(12-14-28)23(29)30-2)27-18-19-9-10-22(26-17-19)32-16-15-31-21-7-5-4-6-8-21;/h4-10,17,20H,3,11-16,18H2,1-2H3,(H,25,27);1H. The predicted molar refractivity (Wildman–Crippen MR) is 138 cm³/mol. The molecular formula is C24H33IN4O4. The van der Waals surface area contributed by atoms with Crippen LogP contribution in [0.5, 0.6) is 11.6 Å². The summed E-state index contributed by atoms with van der Waals surface area (Å²) in [5.41, 5.74) is 0.998. The van der Waals surface area contributed by atoms with Gasteiger partial charge in [-0.3, -0.25) is 4.79 Å². The number of hydrogen-bond donors (Lipinski definition) is 1. The Bertz CT molecular complexity index is 857. The van der Waals surface area contributed by atoms with Crippen molar-refractivity contribution in [3.05, 3.63) is 54.2 Å². The van der Waals surface area contributed by atoms with Gasteiger partial charge in [0.15, 0.2) is 5.96 Å². The number of nitrogens with one attached hydrogen (secondary N) is 1. The number of halogens is 1. The number of methoxy groups -OCH3 is 1. The van der Waals surface area contributed by atoms with Crippen LogP contribution in [0.4, 0.5) is 0 Å². The molecule has 1 saturated heterocycles. The minimum absolute atomic E-state index is 0. The molecule has 0 atom stereocenters. The van der Waals surface area contributed by atoms with Crippen LogP contribution in [0.15, 0.2) is 53.7 Å². The number of aromatic nitrogens is 1. The van der Waals surface area contributed by atoms with Gasteiger partial charge in [0.1, 0.15) is 19.0 Å². The molecule has 1 aliphatic rings. The summed E-state index contributed by atoms with van der Waals surface area (Å²) in [4.78, 5) is 23.1. The Morgan fingerprint density at radius 2 is 1.85 bits per heavy atom. The van der Waals surface area contributed by atoms with Gasteiger partial charge in [-0.1, -0.05) is 24.3 Å². The summed E-state index contributed by atoms with van der Waals surface area (Å²) in [6.07, 6.45) is 3.33. The second kappa shape index (κ2) is 14.6. The first-order valence-corrected chi connectivity index (χ1v) is 11.1. The van der Waals surface area contributed by atoms with Crippen LogP contribution >= 0.6 is 24.0 Å². The number of hydrogen-bond acceptors (Lipinski definition) is 6. The highest BCUT2D eigenvalue weighted by atomic mass is 127. The van der Waals surface area contributed by atoms with Crippen molar-refractivity contribution in [2.45, 2.75) is 26.3 Å². The lowest BCUT2D eigenvalue weighted by molar-refractivity contribution is -0.146. The molecular weight excluding hydrogens is 535 g/mol. The number of nitrogens with zero attached hydrogens (tertiary/aromatic N) is 3. The fourth-order valence-electron chi connectivity index (χ4n) is 3.50. The first-order valence-electron chi connectivity index (χ1n) is 11.1. The first kappa shape index (κ1) is 26.7. The molecule has 0 bridgehead atoms. The second-order valence-corrected chi connectivity index (χ2v) is 7.47. The van der Waals surface area contributed by atoms with Gasteiger partial charge >= 0.3 is 5.97 Å². The SMILES string of the molecule is CCNC(=NCc1ccc(OCCOc2ccccc2)nc1)N1CCC(C(=O)OC)CC1.I. The van der Waals surface area contributed by atoms with Gasteiger partial charge in [0.05, 0.1) is 19.6 Å². The van der Waals surface area contributed by atoms with E-state index in [1.165, 1.54) is 7.11 Å². The fraction of sp³-hybridized carbons (Fsp3) is 0.458. The molecule has 0 aliphatic carbocycles. The molecule has 0 radical (unpaired) electrons. The molecule has 1 N–H and O–H groups in total. The zero-order valence-electron chi connectivity index (χ0n) is 19.2. The molecule has 1 aliphatic heterocycles. The Balaban J connectivity index is 0.00000385. The number of guanidine groups is 1. The second-order valence-electron chi connectivity index (χ2n) is 7.47. The molecule has 1 fully saturated rings. The van der Waals surface area contributed by atoms with Gasteiger partial charge in [0.25, 0.3) is 0 Å². The summed E-state index contributed by atoms with van der Waals surface area (Å²) in [5, 5.41) is 3.34. The van der Waals surface area contributed by atoms with Gasteiger partial charge in [-0.05, 0) is 37.5 Å². The maximum absolute atomic E-state index is 11.7. The molecule has 0 unspecified atom stereocenters.